The van der Waals surface area contributed by atoms with Crippen LogP contribution in [0.2, 0.25) is 0 Å². The van der Waals surface area contributed by atoms with E-state index in [9.17, 15) is 4.79 Å². The summed E-state index contributed by atoms with van der Waals surface area (Å²) in [5, 5.41) is 5.33. The Kier molecular flexibility index (Phi) is 4.66. The fourth-order valence-electron chi connectivity index (χ4n) is 1.06. The molecular weight excluding hydrogens is 140 g/mol. The minimum Gasteiger partial charge on any atom is -0.341 e. The molecule has 0 heterocycles. The molecule has 0 aliphatic heterocycles. The van der Waals surface area contributed by atoms with Gasteiger partial charge in [0.15, 0.2) is 0 Å². The van der Waals surface area contributed by atoms with E-state index in [1.807, 2.05) is 6.92 Å². The maximum Gasteiger partial charge on any atom is 0.314 e. The number of carbonyl (C=O) groups is 1. The number of carbonyl (C=O) groups excluding carboxylic acids is 1. The van der Waals surface area contributed by atoms with Crippen LogP contribution in [-0.2, 0) is 0 Å². The topological polar surface area (TPSA) is 41.1 Å². The van der Waals surface area contributed by atoms with Crippen LogP contribution in [0.1, 0.15) is 27.2 Å². The molecule has 66 valence electrons. The molecule has 3 heteroatoms. The van der Waals surface area contributed by atoms with E-state index in [1.165, 1.54) is 0 Å². The molecule has 0 bridgehead atoms. The molecule has 0 radical (unpaired) electrons. The third-order valence-corrected chi connectivity index (χ3v) is 1.43. The minimum atomic E-state index is -0.0989. The second kappa shape index (κ2) is 4.99. The molecule has 2 amide bonds. The van der Waals surface area contributed by atoms with Gasteiger partial charge >= 0.3 is 6.03 Å². The Balaban J connectivity index is 3.51. The number of hydrogen-bond acceptors (Lipinski definition) is 1. The smallest absolute Gasteiger partial charge is 0.314 e. The van der Waals surface area contributed by atoms with Gasteiger partial charge in [0.05, 0.1) is 0 Å². The molecule has 0 aliphatic carbocycles. The second-order valence-corrected chi connectivity index (χ2v) is 3.25. The van der Waals surface area contributed by atoms with Crippen molar-refractivity contribution in [3.63, 3.8) is 0 Å². The Labute approximate surface area is 68.6 Å². The summed E-state index contributed by atoms with van der Waals surface area (Å²) in [6.45, 7) is 6.29. The molecule has 0 spiro atoms. The predicted octanol–water partition coefficient (Wildman–Crippen LogP) is 1.35. The molecule has 0 aromatic heterocycles. The van der Waals surface area contributed by atoms with Gasteiger partial charge in [0.2, 0.25) is 0 Å². The van der Waals surface area contributed by atoms with Crippen molar-refractivity contribution in [1.29, 1.82) is 0 Å². The van der Waals surface area contributed by atoms with Crippen molar-refractivity contribution in [3.05, 3.63) is 0 Å². The summed E-state index contributed by atoms with van der Waals surface area (Å²) in [6.07, 6.45) is 1.02. The maximum atomic E-state index is 10.8. The Morgan fingerprint density at radius 1 is 1.36 bits per heavy atom. The van der Waals surface area contributed by atoms with Crippen molar-refractivity contribution in [2.45, 2.75) is 33.2 Å². The highest BCUT2D eigenvalue weighted by molar-refractivity contribution is 5.73. The van der Waals surface area contributed by atoms with E-state index in [-0.39, 0.29) is 12.1 Å². The van der Waals surface area contributed by atoms with E-state index < -0.39 is 0 Å². The number of hydrogen-bond donors (Lipinski definition) is 2. The summed E-state index contributed by atoms with van der Waals surface area (Å²) >= 11 is 0. The summed E-state index contributed by atoms with van der Waals surface area (Å²) in [5.41, 5.74) is 0. The molecule has 11 heavy (non-hydrogen) atoms. The van der Waals surface area contributed by atoms with Crippen LogP contribution in [0, 0.1) is 5.92 Å². The molecule has 1 atom stereocenters. The normalized spacial score (nSPS) is 12.8. The van der Waals surface area contributed by atoms with Gasteiger partial charge in [-0.1, -0.05) is 13.8 Å². The molecule has 0 saturated carbocycles. The van der Waals surface area contributed by atoms with E-state index in [4.69, 9.17) is 0 Å². The molecule has 0 fully saturated rings. The van der Waals surface area contributed by atoms with Gasteiger partial charge in [-0.2, -0.15) is 0 Å². The van der Waals surface area contributed by atoms with Crippen molar-refractivity contribution >= 4 is 6.03 Å². The van der Waals surface area contributed by atoms with Crippen LogP contribution in [0.25, 0.3) is 0 Å². The van der Waals surface area contributed by atoms with Crippen LogP contribution in [0.4, 0.5) is 4.79 Å². The first-order valence-electron chi connectivity index (χ1n) is 4.04. The van der Waals surface area contributed by atoms with Crippen molar-refractivity contribution in [2.75, 3.05) is 7.05 Å². The van der Waals surface area contributed by atoms with Gasteiger partial charge in [0, 0.05) is 13.1 Å². The van der Waals surface area contributed by atoms with E-state index in [1.54, 1.807) is 7.05 Å². The summed E-state index contributed by atoms with van der Waals surface area (Å²) in [5.74, 6) is 0.627. The molecule has 0 aromatic carbocycles. The highest BCUT2D eigenvalue weighted by atomic mass is 16.2. The van der Waals surface area contributed by atoms with E-state index in [2.05, 4.69) is 24.5 Å². The van der Waals surface area contributed by atoms with Gasteiger partial charge in [0.1, 0.15) is 0 Å². The first kappa shape index (κ1) is 10.3. The second-order valence-electron chi connectivity index (χ2n) is 3.25. The fourth-order valence-corrected chi connectivity index (χ4v) is 1.06. The fraction of sp³-hybridized carbons (Fsp3) is 0.875. The van der Waals surface area contributed by atoms with Gasteiger partial charge in [-0.15, -0.1) is 0 Å². The first-order valence-corrected chi connectivity index (χ1v) is 4.04. The number of amides is 2. The maximum absolute atomic E-state index is 10.8. The lowest BCUT2D eigenvalue weighted by Gasteiger charge is -2.14. The van der Waals surface area contributed by atoms with E-state index in [0.29, 0.717) is 5.92 Å². The average Bonchev–Trinajstić information content (AvgIpc) is 1.85. The molecule has 0 saturated heterocycles. The van der Waals surface area contributed by atoms with Gasteiger partial charge in [-0.05, 0) is 19.3 Å². The predicted molar refractivity (Wildman–Crippen MR) is 46.5 cm³/mol. The summed E-state index contributed by atoms with van der Waals surface area (Å²) in [6, 6.07) is 0.160. The minimum absolute atomic E-state index is 0.0989. The molecule has 2 N–H and O–H groups in total. The Hall–Kier alpha value is -0.730. The number of nitrogens with one attached hydrogen (secondary N) is 2. The Bertz CT molecular complexity index is 123. The summed E-state index contributed by atoms with van der Waals surface area (Å²) in [7, 11) is 1.62. The lowest BCUT2D eigenvalue weighted by Crippen LogP contribution is -2.39. The zero-order valence-corrected chi connectivity index (χ0v) is 7.77. The zero-order chi connectivity index (χ0) is 8.85. The molecule has 1 unspecified atom stereocenters. The van der Waals surface area contributed by atoms with Crippen LogP contribution >= 0.6 is 0 Å². The highest BCUT2D eigenvalue weighted by Gasteiger charge is 2.06. The van der Waals surface area contributed by atoms with E-state index >= 15 is 0 Å². The first-order chi connectivity index (χ1) is 5.06. The lowest BCUT2D eigenvalue weighted by molar-refractivity contribution is 0.238. The van der Waals surface area contributed by atoms with Crippen molar-refractivity contribution in [3.8, 4) is 0 Å². The van der Waals surface area contributed by atoms with Crippen molar-refractivity contribution in [2.24, 2.45) is 5.92 Å². The van der Waals surface area contributed by atoms with Crippen LogP contribution in [0.15, 0.2) is 0 Å². The van der Waals surface area contributed by atoms with E-state index in [0.717, 1.165) is 6.42 Å². The third kappa shape index (κ3) is 5.70. The van der Waals surface area contributed by atoms with Crippen molar-refractivity contribution in [1.82, 2.24) is 10.6 Å². The quantitative estimate of drug-likeness (QED) is 0.639. The van der Waals surface area contributed by atoms with Crippen LogP contribution in [-0.4, -0.2) is 19.1 Å². The van der Waals surface area contributed by atoms with Crippen LogP contribution < -0.4 is 10.6 Å². The number of urea groups is 1. The van der Waals surface area contributed by atoms with Crippen LogP contribution in [0.3, 0.4) is 0 Å². The Morgan fingerprint density at radius 3 is 2.27 bits per heavy atom. The van der Waals surface area contributed by atoms with Gasteiger partial charge in [-0.25, -0.2) is 4.79 Å². The van der Waals surface area contributed by atoms with Gasteiger partial charge in [-0.3, -0.25) is 0 Å². The van der Waals surface area contributed by atoms with Crippen molar-refractivity contribution < 1.29 is 4.79 Å². The number of rotatable bonds is 3. The monoisotopic (exact) mass is 158 g/mol. The molecule has 3 nitrogen and oxygen atoms in total. The zero-order valence-electron chi connectivity index (χ0n) is 7.77. The largest absolute Gasteiger partial charge is 0.341 e. The molecule has 0 aliphatic rings. The molecule has 0 aromatic rings. The third-order valence-electron chi connectivity index (χ3n) is 1.43. The van der Waals surface area contributed by atoms with Gasteiger partial charge < -0.3 is 10.6 Å². The Morgan fingerprint density at radius 2 is 1.91 bits per heavy atom. The average molecular weight is 158 g/mol. The summed E-state index contributed by atoms with van der Waals surface area (Å²) in [4.78, 5) is 10.8. The summed E-state index contributed by atoms with van der Waals surface area (Å²) < 4.78 is 0. The highest BCUT2D eigenvalue weighted by Crippen LogP contribution is 2.02. The van der Waals surface area contributed by atoms with Gasteiger partial charge in [0.25, 0.3) is 0 Å². The lowest BCUT2D eigenvalue weighted by atomic mass is 10.1. The molecular formula is C8H18N2O. The SMILES string of the molecule is CNC(=O)NC(C)CC(C)C. The van der Waals surface area contributed by atoms with Crippen LogP contribution in [0.5, 0.6) is 0 Å². The molecule has 0 rings (SSSR count). The standard InChI is InChI=1S/C8H18N2O/c1-6(2)5-7(3)10-8(11)9-4/h6-7H,5H2,1-4H3,(H2,9,10,11).